The van der Waals surface area contributed by atoms with Crippen LogP contribution in [0.1, 0.15) is 29.8 Å². The lowest BCUT2D eigenvalue weighted by Crippen LogP contribution is -2.19. The molecular weight excluding hydrogens is 346 g/mol. The van der Waals surface area contributed by atoms with Gasteiger partial charge in [-0.25, -0.2) is 5.43 Å². The zero-order valence-corrected chi connectivity index (χ0v) is 15.8. The molecule has 2 aromatic rings. The van der Waals surface area contributed by atoms with E-state index in [1.165, 1.54) is 6.21 Å². The van der Waals surface area contributed by atoms with E-state index >= 15 is 0 Å². The van der Waals surface area contributed by atoms with Gasteiger partial charge in [-0.15, -0.1) is 0 Å². The number of nitrogens with one attached hydrogen (secondary N) is 2. The molecule has 7 heteroatoms. The Morgan fingerprint density at radius 3 is 2.33 bits per heavy atom. The van der Waals surface area contributed by atoms with E-state index < -0.39 is 0 Å². The van der Waals surface area contributed by atoms with Crippen molar-refractivity contribution in [1.82, 2.24) is 5.43 Å². The number of carbonyl (C=O) groups is 2. The van der Waals surface area contributed by atoms with E-state index in [0.29, 0.717) is 28.3 Å². The maximum Gasteiger partial charge on any atom is 0.271 e. The number of benzene rings is 2. The van der Waals surface area contributed by atoms with Crippen molar-refractivity contribution in [2.24, 2.45) is 11.0 Å². The summed E-state index contributed by atoms with van der Waals surface area (Å²) in [7, 11) is 3.12. The van der Waals surface area contributed by atoms with E-state index in [1.807, 2.05) is 13.8 Å². The van der Waals surface area contributed by atoms with Crippen LogP contribution >= 0.6 is 0 Å². The SMILES string of the molecule is COc1ccc(/C=N\NC(=O)c2ccc(NC(=O)C(C)C)cc2)c(OC)c1. The highest BCUT2D eigenvalue weighted by molar-refractivity contribution is 5.96. The minimum atomic E-state index is -0.361. The van der Waals surface area contributed by atoms with Gasteiger partial charge in [0.05, 0.1) is 20.4 Å². The van der Waals surface area contributed by atoms with Gasteiger partial charge in [0.15, 0.2) is 0 Å². The number of methoxy groups -OCH3 is 2. The minimum Gasteiger partial charge on any atom is -0.497 e. The van der Waals surface area contributed by atoms with Gasteiger partial charge in [-0.05, 0) is 36.4 Å². The van der Waals surface area contributed by atoms with Crippen molar-refractivity contribution in [3.05, 3.63) is 53.6 Å². The van der Waals surface area contributed by atoms with Gasteiger partial charge >= 0.3 is 0 Å². The number of amides is 2. The molecule has 2 rings (SSSR count). The van der Waals surface area contributed by atoms with Crippen LogP contribution in [-0.2, 0) is 4.79 Å². The smallest absolute Gasteiger partial charge is 0.271 e. The number of hydrazone groups is 1. The van der Waals surface area contributed by atoms with Crippen LogP contribution in [0.25, 0.3) is 0 Å². The Labute approximate surface area is 158 Å². The number of anilines is 1. The fourth-order valence-corrected chi connectivity index (χ4v) is 2.14. The first-order valence-electron chi connectivity index (χ1n) is 8.41. The Morgan fingerprint density at radius 1 is 1.04 bits per heavy atom. The molecule has 0 fully saturated rings. The molecule has 0 aliphatic rings. The van der Waals surface area contributed by atoms with E-state index in [-0.39, 0.29) is 17.7 Å². The van der Waals surface area contributed by atoms with Crippen molar-refractivity contribution >= 4 is 23.7 Å². The first-order chi connectivity index (χ1) is 12.9. The van der Waals surface area contributed by atoms with Gasteiger partial charge in [0, 0.05) is 28.8 Å². The first kappa shape index (κ1) is 20.0. The highest BCUT2D eigenvalue weighted by Crippen LogP contribution is 2.23. The van der Waals surface area contributed by atoms with Crippen LogP contribution in [0.2, 0.25) is 0 Å². The van der Waals surface area contributed by atoms with Gasteiger partial charge in [0.25, 0.3) is 5.91 Å². The summed E-state index contributed by atoms with van der Waals surface area (Å²) in [4.78, 5) is 23.8. The highest BCUT2D eigenvalue weighted by atomic mass is 16.5. The molecule has 0 aliphatic heterocycles. The molecule has 2 N–H and O–H groups in total. The molecule has 142 valence electrons. The second-order valence-electron chi connectivity index (χ2n) is 6.03. The van der Waals surface area contributed by atoms with Gasteiger partial charge in [-0.1, -0.05) is 13.8 Å². The van der Waals surface area contributed by atoms with Crippen LogP contribution in [0.15, 0.2) is 47.6 Å². The van der Waals surface area contributed by atoms with Crippen LogP contribution in [0, 0.1) is 5.92 Å². The predicted molar refractivity (Wildman–Crippen MR) is 105 cm³/mol. The fourth-order valence-electron chi connectivity index (χ4n) is 2.14. The van der Waals surface area contributed by atoms with Crippen LogP contribution in [0.3, 0.4) is 0 Å². The lowest BCUT2D eigenvalue weighted by atomic mass is 10.1. The largest absolute Gasteiger partial charge is 0.497 e. The molecule has 0 bridgehead atoms. The fraction of sp³-hybridized carbons (Fsp3) is 0.250. The number of carbonyl (C=O) groups excluding carboxylic acids is 2. The molecule has 0 aliphatic carbocycles. The van der Waals surface area contributed by atoms with Crippen LogP contribution in [0.5, 0.6) is 11.5 Å². The molecule has 2 amide bonds. The van der Waals surface area contributed by atoms with E-state index in [0.717, 1.165) is 0 Å². The maximum atomic E-state index is 12.2. The van der Waals surface area contributed by atoms with Crippen LogP contribution < -0.4 is 20.2 Å². The molecule has 27 heavy (non-hydrogen) atoms. The summed E-state index contributed by atoms with van der Waals surface area (Å²) < 4.78 is 10.4. The predicted octanol–water partition coefficient (Wildman–Crippen LogP) is 3.06. The summed E-state index contributed by atoms with van der Waals surface area (Å²) in [5.41, 5.74) is 4.22. The molecule has 0 unspecified atom stereocenters. The number of rotatable bonds is 7. The summed E-state index contributed by atoms with van der Waals surface area (Å²) in [6.07, 6.45) is 1.49. The van der Waals surface area contributed by atoms with Gasteiger partial charge < -0.3 is 14.8 Å². The summed E-state index contributed by atoms with van der Waals surface area (Å²) in [6.45, 7) is 3.62. The van der Waals surface area contributed by atoms with E-state index in [2.05, 4.69) is 15.8 Å². The molecule has 7 nitrogen and oxygen atoms in total. The normalized spacial score (nSPS) is 10.7. The summed E-state index contributed by atoms with van der Waals surface area (Å²) >= 11 is 0. The van der Waals surface area contributed by atoms with Crippen LogP contribution in [-0.4, -0.2) is 32.2 Å². The lowest BCUT2D eigenvalue weighted by molar-refractivity contribution is -0.118. The van der Waals surface area contributed by atoms with E-state index in [1.54, 1.807) is 56.7 Å². The van der Waals surface area contributed by atoms with Gasteiger partial charge in [0.2, 0.25) is 5.91 Å². The zero-order valence-electron chi connectivity index (χ0n) is 15.8. The second-order valence-corrected chi connectivity index (χ2v) is 6.03. The third-order valence-electron chi connectivity index (χ3n) is 3.75. The summed E-state index contributed by atoms with van der Waals surface area (Å²) in [5, 5.41) is 6.73. The third-order valence-corrected chi connectivity index (χ3v) is 3.75. The van der Waals surface area contributed by atoms with Crippen molar-refractivity contribution in [2.75, 3.05) is 19.5 Å². The van der Waals surface area contributed by atoms with Crippen molar-refractivity contribution in [1.29, 1.82) is 0 Å². The highest BCUT2D eigenvalue weighted by Gasteiger charge is 2.09. The summed E-state index contributed by atoms with van der Waals surface area (Å²) in [6, 6.07) is 11.9. The molecule has 0 saturated heterocycles. The monoisotopic (exact) mass is 369 g/mol. The van der Waals surface area contributed by atoms with Crippen molar-refractivity contribution in [3.63, 3.8) is 0 Å². The number of hydrogen-bond donors (Lipinski definition) is 2. The number of nitrogens with zero attached hydrogens (tertiary/aromatic N) is 1. The summed E-state index contributed by atoms with van der Waals surface area (Å²) in [5.74, 6) is 0.693. The van der Waals surface area contributed by atoms with E-state index in [9.17, 15) is 9.59 Å². The molecule has 0 heterocycles. The number of hydrogen-bond acceptors (Lipinski definition) is 5. The minimum absolute atomic E-state index is 0.0785. The average Bonchev–Trinajstić information content (AvgIpc) is 2.68. The Bertz CT molecular complexity index is 830. The standard InChI is InChI=1S/C20H23N3O4/c1-13(2)19(24)22-16-8-5-14(6-9-16)20(25)23-21-12-15-7-10-17(26-3)11-18(15)27-4/h5-13H,1-4H3,(H,22,24)(H,23,25)/b21-12-. The Hall–Kier alpha value is -3.35. The average molecular weight is 369 g/mol. The molecule has 0 aromatic heterocycles. The Balaban J connectivity index is 1.99. The van der Waals surface area contributed by atoms with Gasteiger partial charge in [-0.3, -0.25) is 9.59 Å². The lowest BCUT2D eigenvalue weighted by Gasteiger charge is -2.08. The van der Waals surface area contributed by atoms with E-state index in [4.69, 9.17) is 9.47 Å². The van der Waals surface area contributed by atoms with Crippen molar-refractivity contribution in [3.8, 4) is 11.5 Å². The Morgan fingerprint density at radius 2 is 1.74 bits per heavy atom. The molecule has 2 aromatic carbocycles. The van der Waals surface area contributed by atoms with Crippen LogP contribution in [0.4, 0.5) is 5.69 Å². The molecule has 0 atom stereocenters. The molecule has 0 spiro atoms. The molecule has 0 saturated carbocycles. The molecule has 0 radical (unpaired) electrons. The number of ether oxygens (including phenoxy) is 2. The van der Waals surface area contributed by atoms with Crippen molar-refractivity contribution in [2.45, 2.75) is 13.8 Å². The topological polar surface area (TPSA) is 89.0 Å². The van der Waals surface area contributed by atoms with Crippen molar-refractivity contribution < 1.29 is 19.1 Å². The molecular formula is C20H23N3O4. The zero-order chi connectivity index (χ0) is 19.8. The Kier molecular flexibility index (Phi) is 6.93. The van der Waals surface area contributed by atoms with Gasteiger partial charge in [-0.2, -0.15) is 5.10 Å². The quantitative estimate of drug-likeness (QED) is 0.580. The van der Waals surface area contributed by atoms with Gasteiger partial charge in [0.1, 0.15) is 11.5 Å². The third kappa shape index (κ3) is 5.57. The maximum absolute atomic E-state index is 12.2. The first-order valence-corrected chi connectivity index (χ1v) is 8.41. The second kappa shape index (κ2) is 9.38.